The second kappa shape index (κ2) is 3.68. The standard InChI is InChI=1S/C11H9F2NO2/c1-16-7-4-8(12)10(9(13)5-7)11(2-3-11)14-6-15/h4-5H,2-3H2,1H3. The first kappa shape index (κ1) is 10.8. The molecule has 0 saturated heterocycles. The summed E-state index contributed by atoms with van der Waals surface area (Å²) < 4.78 is 32.0. The molecule has 0 amide bonds. The van der Waals surface area contributed by atoms with E-state index in [-0.39, 0.29) is 11.3 Å². The lowest BCUT2D eigenvalue weighted by Crippen LogP contribution is -2.09. The second-order valence-corrected chi connectivity index (χ2v) is 3.70. The van der Waals surface area contributed by atoms with Crippen LogP contribution in [-0.4, -0.2) is 13.2 Å². The van der Waals surface area contributed by atoms with E-state index in [1.54, 1.807) is 0 Å². The minimum absolute atomic E-state index is 0.102. The van der Waals surface area contributed by atoms with E-state index < -0.39 is 17.2 Å². The van der Waals surface area contributed by atoms with Gasteiger partial charge in [0.2, 0.25) is 6.08 Å². The molecule has 0 aromatic heterocycles. The minimum atomic E-state index is -1.04. The Balaban J connectivity index is 2.54. The van der Waals surface area contributed by atoms with E-state index in [1.807, 2.05) is 0 Å². The summed E-state index contributed by atoms with van der Waals surface area (Å²) in [5.41, 5.74) is -1.21. The number of nitrogens with zero attached hydrogens (tertiary/aromatic N) is 1. The van der Waals surface area contributed by atoms with E-state index >= 15 is 0 Å². The van der Waals surface area contributed by atoms with E-state index in [1.165, 1.54) is 13.2 Å². The summed E-state index contributed by atoms with van der Waals surface area (Å²) in [6.45, 7) is 0. The van der Waals surface area contributed by atoms with Gasteiger partial charge in [0, 0.05) is 12.1 Å². The molecular weight excluding hydrogens is 216 g/mol. The van der Waals surface area contributed by atoms with Crippen LogP contribution in [0.1, 0.15) is 18.4 Å². The predicted molar refractivity (Wildman–Crippen MR) is 51.9 cm³/mol. The van der Waals surface area contributed by atoms with Crippen LogP contribution in [-0.2, 0) is 10.3 Å². The van der Waals surface area contributed by atoms with Gasteiger partial charge in [-0.25, -0.2) is 13.6 Å². The molecule has 0 N–H and O–H groups in total. The monoisotopic (exact) mass is 225 g/mol. The minimum Gasteiger partial charge on any atom is -0.497 e. The maximum atomic E-state index is 13.6. The fourth-order valence-electron chi connectivity index (χ4n) is 1.74. The summed E-state index contributed by atoms with van der Waals surface area (Å²) in [7, 11) is 1.32. The number of aliphatic imine (C=N–C) groups is 1. The first-order chi connectivity index (χ1) is 7.63. The molecule has 1 aromatic carbocycles. The Bertz CT molecular complexity index is 454. The molecule has 0 unspecified atom stereocenters. The van der Waals surface area contributed by atoms with E-state index in [0.29, 0.717) is 12.8 Å². The first-order valence-corrected chi connectivity index (χ1v) is 4.75. The number of isocyanates is 1. The molecule has 1 fully saturated rings. The second-order valence-electron chi connectivity index (χ2n) is 3.70. The SMILES string of the molecule is COc1cc(F)c(C2(N=C=O)CC2)c(F)c1. The molecule has 0 heterocycles. The molecule has 1 aliphatic rings. The Labute approximate surface area is 90.8 Å². The van der Waals surface area contributed by atoms with Crippen molar-refractivity contribution >= 4 is 6.08 Å². The average molecular weight is 225 g/mol. The summed E-state index contributed by atoms with van der Waals surface area (Å²) >= 11 is 0. The van der Waals surface area contributed by atoms with Crippen LogP contribution in [0.3, 0.4) is 0 Å². The van der Waals surface area contributed by atoms with Crippen molar-refractivity contribution in [1.29, 1.82) is 0 Å². The third-order valence-corrected chi connectivity index (χ3v) is 2.70. The molecule has 0 radical (unpaired) electrons. The molecule has 84 valence electrons. The Hall–Kier alpha value is -1.74. The van der Waals surface area contributed by atoms with E-state index in [4.69, 9.17) is 4.74 Å². The highest BCUT2D eigenvalue weighted by Crippen LogP contribution is 2.51. The lowest BCUT2D eigenvalue weighted by molar-refractivity contribution is 0.403. The van der Waals surface area contributed by atoms with Gasteiger partial charge in [-0.05, 0) is 12.8 Å². The van der Waals surface area contributed by atoms with E-state index in [2.05, 4.69) is 4.99 Å². The number of halogens is 2. The van der Waals surface area contributed by atoms with Crippen LogP contribution in [0.5, 0.6) is 5.75 Å². The largest absolute Gasteiger partial charge is 0.497 e. The highest BCUT2D eigenvalue weighted by atomic mass is 19.1. The molecule has 1 aliphatic carbocycles. The molecule has 0 aliphatic heterocycles. The zero-order valence-electron chi connectivity index (χ0n) is 8.59. The summed E-state index contributed by atoms with van der Waals surface area (Å²) in [5.74, 6) is -1.38. The van der Waals surface area contributed by atoms with Crippen LogP contribution in [0.25, 0.3) is 0 Å². The van der Waals surface area contributed by atoms with Gasteiger partial charge < -0.3 is 4.74 Å². The molecule has 0 bridgehead atoms. The van der Waals surface area contributed by atoms with Crippen LogP contribution in [0.2, 0.25) is 0 Å². The molecule has 1 saturated carbocycles. The van der Waals surface area contributed by atoms with Gasteiger partial charge in [-0.15, -0.1) is 0 Å². The van der Waals surface area contributed by atoms with Crippen LogP contribution >= 0.6 is 0 Å². The number of hydrogen-bond acceptors (Lipinski definition) is 3. The fourth-order valence-corrected chi connectivity index (χ4v) is 1.74. The van der Waals surface area contributed by atoms with E-state index in [0.717, 1.165) is 12.1 Å². The number of ether oxygens (including phenoxy) is 1. The van der Waals surface area contributed by atoms with Crippen LogP contribution in [0, 0.1) is 11.6 Å². The normalized spacial score (nSPS) is 16.4. The van der Waals surface area contributed by atoms with Crippen molar-refractivity contribution in [1.82, 2.24) is 0 Å². The first-order valence-electron chi connectivity index (χ1n) is 4.75. The number of hydrogen-bond donors (Lipinski definition) is 0. The number of methoxy groups -OCH3 is 1. The Morgan fingerprint density at radius 3 is 2.31 bits per heavy atom. The fraction of sp³-hybridized carbons (Fsp3) is 0.364. The van der Waals surface area contributed by atoms with Gasteiger partial charge in [0.1, 0.15) is 22.9 Å². The highest BCUT2D eigenvalue weighted by molar-refractivity contribution is 5.44. The van der Waals surface area contributed by atoms with Gasteiger partial charge in [0.15, 0.2) is 0 Å². The maximum absolute atomic E-state index is 13.6. The van der Waals surface area contributed by atoms with Crippen molar-refractivity contribution in [3.8, 4) is 5.75 Å². The Kier molecular flexibility index (Phi) is 2.48. The van der Waals surface area contributed by atoms with Gasteiger partial charge in [-0.1, -0.05) is 0 Å². The summed E-state index contributed by atoms with van der Waals surface area (Å²) in [4.78, 5) is 13.7. The third kappa shape index (κ3) is 1.59. The van der Waals surface area contributed by atoms with Crippen molar-refractivity contribution in [2.24, 2.45) is 4.99 Å². The van der Waals surface area contributed by atoms with Gasteiger partial charge in [0.05, 0.1) is 12.7 Å². The molecule has 1 aromatic rings. The van der Waals surface area contributed by atoms with Gasteiger partial charge in [0.25, 0.3) is 0 Å². The Morgan fingerprint density at radius 1 is 1.38 bits per heavy atom. The van der Waals surface area contributed by atoms with Crippen LogP contribution in [0.4, 0.5) is 8.78 Å². The molecule has 16 heavy (non-hydrogen) atoms. The lowest BCUT2D eigenvalue weighted by Gasteiger charge is -2.12. The van der Waals surface area contributed by atoms with Crippen molar-refractivity contribution in [3.63, 3.8) is 0 Å². The lowest BCUT2D eigenvalue weighted by atomic mass is 10.0. The van der Waals surface area contributed by atoms with E-state index in [9.17, 15) is 13.6 Å². The van der Waals surface area contributed by atoms with Crippen molar-refractivity contribution < 1.29 is 18.3 Å². The average Bonchev–Trinajstić information content (AvgIpc) is 2.98. The molecule has 5 heteroatoms. The van der Waals surface area contributed by atoms with Crippen molar-refractivity contribution in [2.75, 3.05) is 7.11 Å². The quantitative estimate of drug-likeness (QED) is 0.584. The van der Waals surface area contributed by atoms with Crippen molar-refractivity contribution in [2.45, 2.75) is 18.4 Å². The zero-order valence-corrected chi connectivity index (χ0v) is 8.59. The maximum Gasteiger partial charge on any atom is 0.235 e. The molecule has 2 rings (SSSR count). The highest BCUT2D eigenvalue weighted by Gasteiger charge is 2.48. The summed E-state index contributed by atoms with van der Waals surface area (Å²) in [6, 6.07) is 2.16. The zero-order chi connectivity index (χ0) is 11.8. The topological polar surface area (TPSA) is 38.7 Å². The number of rotatable bonds is 3. The summed E-state index contributed by atoms with van der Waals surface area (Å²) in [6.07, 6.45) is 2.28. The van der Waals surface area contributed by atoms with Crippen LogP contribution in [0.15, 0.2) is 17.1 Å². The molecule has 3 nitrogen and oxygen atoms in total. The van der Waals surface area contributed by atoms with Gasteiger partial charge in [-0.2, -0.15) is 4.99 Å². The molecule has 0 atom stereocenters. The van der Waals surface area contributed by atoms with Crippen LogP contribution < -0.4 is 4.74 Å². The van der Waals surface area contributed by atoms with Gasteiger partial charge in [-0.3, -0.25) is 0 Å². The smallest absolute Gasteiger partial charge is 0.235 e. The van der Waals surface area contributed by atoms with Crippen molar-refractivity contribution in [3.05, 3.63) is 29.3 Å². The summed E-state index contributed by atoms with van der Waals surface area (Å²) in [5, 5.41) is 0. The Morgan fingerprint density at radius 2 is 1.94 bits per heavy atom. The predicted octanol–water partition coefficient (Wildman–Crippen LogP) is 2.30. The number of carbonyl (C=O) groups excluding carboxylic acids is 1. The number of benzene rings is 1. The molecular formula is C11H9F2NO2. The molecule has 0 spiro atoms. The van der Waals surface area contributed by atoms with Gasteiger partial charge >= 0.3 is 0 Å². The third-order valence-electron chi connectivity index (χ3n) is 2.70.